The second kappa shape index (κ2) is 7.99. The number of para-hydroxylation sites is 1. The van der Waals surface area contributed by atoms with Crippen molar-refractivity contribution in [1.29, 1.82) is 0 Å². The van der Waals surface area contributed by atoms with Gasteiger partial charge in [-0.25, -0.2) is 0 Å². The first-order chi connectivity index (χ1) is 10.6. The maximum Gasteiger partial charge on any atom is 0.223 e. The van der Waals surface area contributed by atoms with Crippen molar-refractivity contribution in [3.63, 3.8) is 0 Å². The van der Waals surface area contributed by atoms with Gasteiger partial charge in [0.2, 0.25) is 5.91 Å². The molecule has 1 heterocycles. The highest BCUT2D eigenvalue weighted by Gasteiger charge is 2.19. The van der Waals surface area contributed by atoms with Crippen molar-refractivity contribution in [2.45, 2.75) is 33.2 Å². The summed E-state index contributed by atoms with van der Waals surface area (Å²) < 4.78 is 5.68. The number of aryl methyl sites for hydroxylation is 1. The molecule has 2 rings (SSSR count). The average molecular weight is 317 g/mol. The molecule has 22 heavy (non-hydrogen) atoms. The van der Waals surface area contributed by atoms with Gasteiger partial charge in [-0.2, -0.15) is 0 Å². The summed E-state index contributed by atoms with van der Waals surface area (Å²) >= 11 is 1.68. The summed E-state index contributed by atoms with van der Waals surface area (Å²) in [5, 5.41) is 5.15. The van der Waals surface area contributed by atoms with E-state index in [2.05, 4.69) is 25.2 Å². The van der Waals surface area contributed by atoms with Gasteiger partial charge >= 0.3 is 0 Å². The number of hydrogen-bond acceptors (Lipinski definition) is 3. The predicted molar refractivity (Wildman–Crippen MR) is 91.3 cm³/mol. The smallest absolute Gasteiger partial charge is 0.223 e. The number of carbonyl (C=O) groups is 1. The first kappa shape index (κ1) is 16.6. The lowest BCUT2D eigenvalue weighted by atomic mass is 10.0. The van der Waals surface area contributed by atoms with Crippen molar-refractivity contribution in [3.8, 4) is 5.75 Å². The number of rotatable bonds is 7. The molecule has 1 N–H and O–H groups in total. The van der Waals surface area contributed by atoms with Crippen molar-refractivity contribution in [3.05, 3.63) is 52.2 Å². The zero-order valence-corrected chi connectivity index (χ0v) is 14.2. The van der Waals surface area contributed by atoms with Crippen LogP contribution in [0.5, 0.6) is 5.75 Å². The maximum atomic E-state index is 12.1. The van der Waals surface area contributed by atoms with E-state index in [9.17, 15) is 4.79 Å². The second-order valence-corrected chi connectivity index (χ2v) is 6.65. The van der Waals surface area contributed by atoms with Crippen LogP contribution in [0.4, 0.5) is 0 Å². The summed E-state index contributed by atoms with van der Waals surface area (Å²) in [5.41, 5.74) is 1.08. The fraction of sp³-hybridized carbons (Fsp3) is 0.389. The van der Waals surface area contributed by atoms with Crippen molar-refractivity contribution < 1.29 is 9.53 Å². The molecule has 4 heteroatoms. The van der Waals surface area contributed by atoms with Crippen LogP contribution in [0, 0.1) is 12.8 Å². The van der Waals surface area contributed by atoms with E-state index in [0.29, 0.717) is 18.9 Å². The third-order valence-corrected chi connectivity index (χ3v) is 4.47. The number of thiophene rings is 1. The summed E-state index contributed by atoms with van der Waals surface area (Å²) in [5.74, 6) is 1.23. The van der Waals surface area contributed by atoms with E-state index in [1.807, 2.05) is 42.6 Å². The molecule has 0 aliphatic heterocycles. The monoisotopic (exact) mass is 317 g/mol. The SMILES string of the molecule is Cc1ccccc1OCCC(=O)N[C@@H](c1cccs1)C(C)C. The molecular weight excluding hydrogens is 294 g/mol. The highest BCUT2D eigenvalue weighted by Crippen LogP contribution is 2.25. The fourth-order valence-electron chi connectivity index (χ4n) is 2.25. The highest BCUT2D eigenvalue weighted by atomic mass is 32.1. The van der Waals surface area contributed by atoms with Crippen LogP contribution in [0.15, 0.2) is 41.8 Å². The average Bonchev–Trinajstić information content (AvgIpc) is 3.00. The largest absolute Gasteiger partial charge is 0.493 e. The van der Waals surface area contributed by atoms with Gasteiger partial charge in [0.05, 0.1) is 19.1 Å². The lowest BCUT2D eigenvalue weighted by Gasteiger charge is -2.21. The van der Waals surface area contributed by atoms with Gasteiger partial charge in [0, 0.05) is 4.88 Å². The summed E-state index contributed by atoms with van der Waals surface area (Å²) in [6, 6.07) is 12.0. The van der Waals surface area contributed by atoms with Gasteiger partial charge in [0.25, 0.3) is 0 Å². The Hall–Kier alpha value is -1.81. The molecule has 3 nitrogen and oxygen atoms in total. The Bertz CT molecular complexity index is 593. The van der Waals surface area contributed by atoms with Crippen LogP contribution in [0.1, 0.15) is 36.8 Å². The molecule has 0 saturated carbocycles. The first-order valence-electron chi connectivity index (χ1n) is 7.59. The number of nitrogens with one attached hydrogen (secondary N) is 1. The van der Waals surface area contributed by atoms with Crippen molar-refractivity contribution in [2.24, 2.45) is 5.92 Å². The van der Waals surface area contributed by atoms with E-state index in [0.717, 1.165) is 11.3 Å². The van der Waals surface area contributed by atoms with Gasteiger partial charge in [-0.3, -0.25) is 4.79 Å². The minimum atomic E-state index is 0.0284. The molecule has 0 bridgehead atoms. The van der Waals surface area contributed by atoms with Gasteiger partial charge in [-0.05, 0) is 35.9 Å². The first-order valence-corrected chi connectivity index (χ1v) is 8.47. The number of carbonyl (C=O) groups excluding carboxylic acids is 1. The van der Waals surface area contributed by atoms with Gasteiger partial charge in [-0.15, -0.1) is 11.3 Å². The van der Waals surface area contributed by atoms with Crippen LogP contribution in [0.3, 0.4) is 0 Å². The van der Waals surface area contributed by atoms with Crippen LogP contribution in [-0.2, 0) is 4.79 Å². The molecule has 0 fully saturated rings. The van der Waals surface area contributed by atoms with E-state index in [1.54, 1.807) is 11.3 Å². The molecule has 0 aliphatic rings. The predicted octanol–water partition coefficient (Wildman–Crippen LogP) is 4.34. The van der Waals surface area contributed by atoms with Gasteiger partial charge in [-0.1, -0.05) is 38.1 Å². The Morgan fingerprint density at radius 1 is 1.23 bits per heavy atom. The Morgan fingerprint density at radius 3 is 2.64 bits per heavy atom. The van der Waals surface area contributed by atoms with Gasteiger partial charge in [0.15, 0.2) is 0 Å². The van der Waals surface area contributed by atoms with Crippen LogP contribution in [0.25, 0.3) is 0 Å². The highest BCUT2D eigenvalue weighted by molar-refractivity contribution is 7.10. The molecule has 0 radical (unpaired) electrons. The molecule has 118 valence electrons. The van der Waals surface area contributed by atoms with Crippen LogP contribution < -0.4 is 10.1 Å². The minimum Gasteiger partial charge on any atom is -0.493 e. The molecular formula is C18H23NO2S. The standard InChI is InChI=1S/C18H23NO2S/c1-13(2)18(16-9-6-12-22-16)19-17(20)10-11-21-15-8-5-4-7-14(15)3/h4-9,12-13,18H,10-11H2,1-3H3,(H,19,20)/t18-/m1/s1. The van der Waals surface area contributed by atoms with E-state index in [1.165, 1.54) is 4.88 Å². The van der Waals surface area contributed by atoms with E-state index in [-0.39, 0.29) is 11.9 Å². The quantitative estimate of drug-likeness (QED) is 0.825. The molecule has 0 saturated heterocycles. The van der Waals surface area contributed by atoms with Crippen molar-refractivity contribution >= 4 is 17.2 Å². The lowest BCUT2D eigenvalue weighted by molar-refractivity contribution is -0.122. The number of ether oxygens (including phenoxy) is 1. The van der Waals surface area contributed by atoms with Crippen molar-refractivity contribution in [1.82, 2.24) is 5.32 Å². The number of benzene rings is 1. The van der Waals surface area contributed by atoms with Crippen LogP contribution in [0.2, 0.25) is 0 Å². The van der Waals surface area contributed by atoms with Crippen LogP contribution in [-0.4, -0.2) is 12.5 Å². The van der Waals surface area contributed by atoms with E-state index in [4.69, 9.17) is 4.74 Å². The summed E-state index contributed by atoms with van der Waals surface area (Å²) in [6.07, 6.45) is 0.364. The summed E-state index contributed by atoms with van der Waals surface area (Å²) in [6.45, 7) is 6.63. The Labute approximate surface area is 136 Å². The summed E-state index contributed by atoms with van der Waals surface area (Å²) in [7, 11) is 0. The molecule has 1 atom stereocenters. The Balaban J connectivity index is 1.83. The minimum absolute atomic E-state index is 0.0284. The van der Waals surface area contributed by atoms with Gasteiger partial charge < -0.3 is 10.1 Å². The molecule has 1 aromatic carbocycles. The maximum absolute atomic E-state index is 12.1. The fourth-order valence-corrected chi connectivity index (χ4v) is 3.20. The Morgan fingerprint density at radius 2 is 2.00 bits per heavy atom. The third-order valence-electron chi connectivity index (χ3n) is 3.51. The molecule has 1 aromatic heterocycles. The molecule has 1 amide bonds. The number of hydrogen-bond donors (Lipinski definition) is 1. The second-order valence-electron chi connectivity index (χ2n) is 5.67. The molecule has 2 aromatic rings. The zero-order chi connectivity index (χ0) is 15.9. The Kier molecular flexibility index (Phi) is 6.01. The topological polar surface area (TPSA) is 38.3 Å². The molecule has 0 aliphatic carbocycles. The third kappa shape index (κ3) is 4.60. The lowest BCUT2D eigenvalue weighted by Crippen LogP contribution is -2.32. The zero-order valence-electron chi connectivity index (χ0n) is 13.3. The molecule has 0 unspecified atom stereocenters. The van der Waals surface area contributed by atoms with Gasteiger partial charge in [0.1, 0.15) is 5.75 Å². The molecule has 0 spiro atoms. The number of amides is 1. The summed E-state index contributed by atoms with van der Waals surface area (Å²) in [4.78, 5) is 13.3. The van der Waals surface area contributed by atoms with Crippen LogP contribution >= 0.6 is 11.3 Å². The van der Waals surface area contributed by atoms with E-state index >= 15 is 0 Å². The normalized spacial score (nSPS) is 12.2. The van der Waals surface area contributed by atoms with Crippen molar-refractivity contribution in [2.75, 3.05) is 6.61 Å². The van der Waals surface area contributed by atoms with E-state index < -0.39 is 0 Å².